The molecule has 1 fully saturated rings. The maximum absolute atomic E-state index is 13.0. The molecule has 1 atom stereocenters. The minimum Gasteiger partial charge on any atom is -0.507 e. The number of hydrogen-bond acceptors (Lipinski definition) is 6. The second-order valence-corrected chi connectivity index (χ2v) is 8.03. The van der Waals surface area contributed by atoms with Crippen molar-refractivity contribution < 1.29 is 28.9 Å². The summed E-state index contributed by atoms with van der Waals surface area (Å²) >= 11 is 0. The van der Waals surface area contributed by atoms with E-state index in [-0.39, 0.29) is 17.4 Å². The lowest BCUT2D eigenvalue weighted by Gasteiger charge is -2.25. The Morgan fingerprint density at radius 2 is 1.76 bits per heavy atom. The van der Waals surface area contributed by atoms with E-state index in [1.54, 1.807) is 42.5 Å². The highest BCUT2D eigenvalue weighted by atomic mass is 16.5. The number of carbonyl (C=O) groups is 2. The first kappa shape index (κ1) is 24.2. The number of hydrogen-bond donors (Lipinski definition) is 1. The van der Waals surface area contributed by atoms with Crippen molar-refractivity contribution in [2.45, 2.75) is 46.3 Å². The lowest BCUT2D eigenvalue weighted by atomic mass is 9.95. The predicted octanol–water partition coefficient (Wildman–Crippen LogP) is 4.71. The summed E-state index contributed by atoms with van der Waals surface area (Å²) in [5, 5.41) is 11.1. The molecule has 176 valence electrons. The van der Waals surface area contributed by atoms with Crippen molar-refractivity contribution in [1.82, 2.24) is 4.90 Å². The highest BCUT2D eigenvalue weighted by Gasteiger charge is 2.45. The van der Waals surface area contributed by atoms with Crippen LogP contribution in [0.2, 0.25) is 0 Å². The van der Waals surface area contributed by atoms with Gasteiger partial charge in [0.1, 0.15) is 11.5 Å². The van der Waals surface area contributed by atoms with Crippen molar-refractivity contribution in [2.75, 3.05) is 20.3 Å². The summed E-state index contributed by atoms with van der Waals surface area (Å²) in [6.45, 7) is 8.51. The summed E-state index contributed by atoms with van der Waals surface area (Å²) < 4.78 is 16.7. The quantitative estimate of drug-likeness (QED) is 0.336. The van der Waals surface area contributed by atoms with E-state index in [0.717, 1.165) is 0 Å². The Balaban J connectivity index is 2.11. The minimum absolute atomic E-state index is 0.0125. The second-order valence-electron chi connectivity index (χ2n) is 8.03. The van der Waals surface area contributed by atoms with Gasteiger partial charge in [-0.1, -0.05) is 13.0 Å². The molecule has 33 heavy (non-hydrogen) atoms. The standard InChI is InChI=1S/C26H31NO6/c1-6-14-27-23(18-10-13-20(32-7-2)21(15-18)31-5)22(25(29)26(27)30)24(28)17-8-11-19(12-9-17)33-16(3)4/h8-13,15-16,23,28H,6-7,14H2,1-5H3/b24-22-. The molecule has 0 aliphatic carbocycles. The fourth-order valence-corrected chi connectivity index (χ4v) is 3.95. The summed E-state index contributed by atoms with van der Waals surface area (Å²) in [6, 6.07) is 11.4. The summed E-state index contributed by atoms with van der Waals surface area (Å²) in [5.41, 5.74) is 1.14. The molecule has 1 N–H and O–H groups in total. The molecule has 1 heterocycles. The van der Waals surface area contributed by atoms with Crippen LogP contribution in [-0.4, -0.2) is 48.1 Å². The first-order chi connectivity index (χ1) is 15.8. The zero-order chi connectivity index (χ0) is 24.1. The summed E-state index contributed by atoms with van der Waals surface area (Å²) in [4.78, 5) is 27.4. The number of aliphatic hydroxyl groups excluding tert-OH is 1. The van der Waals surface area contributed by atoms with Gasteiger partial charge >= 0.3 is 0 Å². The Hall–Kier alpha value is -3.48. The molecule has 7 heteroatoms. The van der Waals surface area contributed by atoms with Crippen molar-refractivity contribution in [3.05, 3.63) is 59.2 Å². The molecule has 1 aliphatic rings. The van der Waals surface area contributed by atoms with Gasteiger partial charge in [-0.05, 0) is 69.2 Å². The topological polar surface area (TPSA) is 85.3 Å². The van der Waals surface area contributed by atoms with Crippen LogP contribution in [0.3, 0.4) is 0 Å². The average Bonchev–Trinajstić information content (AvgIpc) is 3.04. The number of likely N-dealkylation sites (tertiary alicyclic amines) is 1. The van der Waals surface area contributed by atoms with Crippen molar-refractivity contribution in [1.29, 1.82) is 0 Å². The van der Waals surface area contributed by atoms with E-state index in [0.29, 0.717) is 47.9 Å². The fourth-order valence-electron chi connectivity index (χ4n) is 3.95. The van der Waals surface area contributed by atoms with Crippen molar-refractivity contribution in [3.8, 4) is 17.2 Å². The van der Waals surface area contributed by atoms with E-state index >= 15 is 0 Å². The summed E-state index contributed by atoms with van der Waals surface area (Å²) in [5.74, 6) is 0.155. The number of methoxy groups -OCH3 is 1. The molecular weight excluding hydrogens is 422 g/mol. The highest BCUT2D eigenvalue weighted by molar-refractivity contribution is 6.46. The Kier molecular flexibility index (Phi) is 7.63. The van der Waals surface area contributed by atoms with Gasteiger partial charge in [0.2, 0.25) is 0 Å². The van der Waals surface area contributed by atoms with E-state index in [1.165, 1.54) is 12.0 Å². The highest BCUT2D eigenvalue weighted by Crippen LogP contribution is 2.42. The van der Waals surface area contributed by atoms with Crippen LogP contribution < -0.4 is 14.2 Å². The van der Waals surface area contributed by atoms with Crippen LogP contribution in [0.1, 0.15) is 51.3 Å². The molecule has 3 rings (SSSR count). The molecule has 0 radical (unpaired) electrons. The number of ether oxygens (including phenoxy) is 3. The Labute approximate surface area is 194 Å². The predicted molar refractivity (Wildman–Crippen MR) is 126 cm³/mol. The number of rotatable bonds is 9. The van der Waals surface area contributed by atoms with Gasteiger partial charge < -0.3 is 24.2 Å². The maximum Gasteiger partial charge on any atom is 0.295 e. The lowest BCUT2D eigenvalue weighted by Crippen LogP contribution is -2.30. The van der Waals surface area contributed by atoms with Crippen LogP contribution in [0.5, 0.6) is 17.2 Å². The zero-order valence-corrected chi connectivity index (χ0v) is 19.8. The molecule has 1 amide bonds. The largest absolute Gasteiger partial charge is 0.507 e. The SMILES string of the molecule is CCCN1C(=O)C(=O)/C(=C(\O)c2ccc(OC(C)C)cc2)C1c1ccc(OCC)c(OC)c1. The number of Topliss-reactive ketones (excluding diaryl/α,β-unsaturated/α-hetero) is 1. The Bertz CT molecular complexity index is 1040. The second kappa shape index (κ2) is 10.4. The van der Waals surface area contributed by atoms with Gasteiger partial charge in [-0.15, -0.1) is 0 Å². The van der Waals surface area contributed by atoms with Gasteiger partial charge in [0, 0.05) is 12.1 Å². The minimum atomic E-state index is -0.735. The molecule has 0 spiro atoms. The summed E-state index contributed by atoms with van der Waals surface area (Å²) in [6.07, 6.45) is 0.678. The smallest absolute Gasteiger partial charge is 0.295 e. The average molecular weight is 454 g/mol. The van der Waals surface area contributed by atoms with Crippen molar-refractivity contribution in [2.24, 2.45) is 0 Å². The normalized spacial score (nSPS) is 17.5. The van der Waals surface area contributed by atoms with Gasteiger partial charge in [0.05, 0.1) is 31.4 Å². The number of nitrogens with zero attached hydrogens (tertiary/aromatic N) is 1. The van der Waals surface area contributed by atoms with Gasteiger partial charge in [-0.25, -0.2) is 0 Å². The van der Waals surface area contributed by atoms with Crippen LogP contribution >= 0.6 is 0 Å². The van der Waals surface area contributed by atoms with Gasteiger partial charge in [-0.2, -0.15) is 0 Å². The number of carbonyl (C=O) groups excluding carboxylic acids is 2. The van der Waals surface area contributed by atoms with Crippen molar-refractivity contribution in [3.63, 3.8) is 0 Å². The maximum atomic E-state index is 13.0. The van der Waals surface area contributed by atoms with Crippen LogP contribution in [0.15, 0.2) is 48.0 Å². The van der Waals surface area contributed by atoms with Crippen LogP contribution in [0.25, 0.3) is 5.76 Å². The Morgan fingerprint density at radius 1 is 1.06 bits per heavy atom. The molecule has 0 saturated carbocycles. The molecule has 0 bridgehead atoms. The van der Waals surface area contributed by atoms with Gasteiger partial charge in [0.25, 0.3) is 11.7 Å². The first-order valence-electron chi connectivity index (χ1n) is 11.2. The van der Waals surface area contributed by atoms with Crippen LogP contribution in [-0.2, 0) is 9.59 Å². The molecule has 0 aromatic heterocycles. The van der Waals surface area contributed by atoms with E-state index in [4.69, 9.17) is 14.2 Å². The molecule has 7 nitrogen and oxygen atoms in total. The number of aliphatic hydroxyl groups is 1. The number of amides is 1. The molecule has 1 unspecified atom stereocenters. The summed E-state index contributed by atoms with van der Waals surface area (Å²) in [7, 11) is 1.53. The number of benzene rings is 2. The zero-order valence-electron chi connectivity index (χ0n) is 19.8. The van der Waals surface area contributed by atoms with Crippen molar-refractivity contribution >= 4 is 17.4 Å². The fraction of sp³-hybridized carbons (Fsp3) is 0.385. The van der Waals surface area contributed by atoms with E-state index in [9.17, 15) is 14.7 Å². The molecule has 2 aromatic carbocycles. The molecule has 1 aliphatic heterocycles. The lowest BCUT2D eigenvalue weighted by molar-refractivity contribution is -0.139. The Morgan fingerprint density at radius 3 is 2.33 bits per heavy atom. The van der Waals surface area contributed by atoms with Gasteiger partial charge in [0.15, 0.2) is 11.5 Å². The molecule has 1 saturated heterocycles. The van der Waals surface area contributed by atoms with Crippen LogP contribution in [0, 0.1) is 0 Å². The van der Waals surface area contributed by atoms with E-state index < -0.39 is 17.7 Å². The third-order valence-corrected chi connectivity index (χ3v) is 5.31. The monoisotopic (exact) mass is 453 g/mol. The van der Waals surface area contributed by atoms with E-state index in [1.807, 2.05) is 27.7 Å². The molecular formula is C26H31NO6. The molecule has 2 aromatic rings. The van der Waals surface area contributed by atoms with E-state index in [2.05, 4.69) is 0 Å². The first-order valence-corrected chi connectivity index (χ1v) is 11.2. The van der Waals surface area contributed by atoms with Gasteiger partial charge in [-0.3, -0.25) is 9.59 Å². The third-order valence-electron chi connectivity index (χ3n) is 5.31. The van der Waals surface area contributed by atoms with Crippen LogP contribution in [0.4, 0.5) is 0 Å². The number of ketones is 1. The third kappa shape index (κ3) is 4.97.